The molecule has 2 N–H and O–H groups in total. The van der Waals surface area contributed by atoms with Gasteiger partial charge in [0, 0.05) is 36.8 Å². The van der Waals surface area contributed by atoms with E-state index in [0.29, 0.717) is 25.1 Å². The molecule has 6 nitrogen and oxygen atoms in total. The summed E-state index contributed by atoms with van der Waals surface area (Å²) < 4.78 is 5.75. The van der Waals surface area contributed by atoms with Gasteiger partial charge in [-0.05, 0) is 49.9 Å². The van der Waals surface area contributed by atoms with Gasteiger partial charge in [0.1, 0.15) is 0 Å². The van der Waals surface area contributed by atoms with Crippen molar-refractivity contribution < 1.29 is 4.74 Å². The standard InChI is InChI=1S/C21H31N5OS.HI/c1-3-13-27-20-17(8-6-10-23-20)15-24-21(22-2)25-16-18(19-9-7-14-28-19)26-11-4-5-12-26;/h6-10,14,18H,3-5,11-13,15-16H2,1-2H3,(H2,22,24,25);1H. The molecule has 3 rings (SSSR count). The molecule has 3 heterocycles. The maximum absolute atomic E-state index is 5.75. The minimum Gasteiger partial charge on any atom is -0.477 e. The molecule has 1 unspecified atom stereocenters. The maximum atomic E-state index is 5.75. The van der Waals surface area contributed by atoms with Crippen LogP contribution in [0.3, 0.4) is 0 Å². The lowest BCUT2D eigenvalue weighted by atomic mass is 10.2. The van der Waals surface area contributed by atoms with Crippen LogP contribution in [0.2, 0.25) is 0 Å². The lowest BCUT2D eigenvalue weighted by molar-refractivity contribution is 0.249. The highest BCUT2D eigenvalue weighted by Crippen LogP contribution is 2.27. The zero-order valence-electron chi connectivity index (χ0n) is 17.3. The van der Waals surface area contributed by atoms with Gasteiger partial charge in [0.15, 0.2) is 5.96 Å². The van der Waals surface area contributed by atoms with Crippen LogP contribution in [0.1, 0.15) is 42.7 Å². The van der Waals surface area contributed by atoms with Gasteiger partial charge in [-0.15, -0.1) is 35.3 Å². The zero-order valence-corrected chi connectivity index (χ0v) is 20.4. The van der Waals surface area contributed by atoms with Gasteiger partial charge in [0.2, 0.25) is 5.88 Å². The third kappa shape index (κ3) is 7.11. The van der Waals surface area contributed by atoms with Crippen LogP contribution >= 0.6 is 35.3 Å². The SMILES string of the molecule is CCCOc1ncccc1CNC(=NC)NCC(c1cccs1)N1CCCC1.I. The number of aliphatic imine (C=N–C) groups is 1. The molecule has 0 amide bonds. The molecule has 1 saturated heterocycles. The highest BCUT2D eigenvalue weighted by Gasteiger charge is 2.24. The topological polar surface area (TPSA) is 61.8 Å². The quantitative estimate of drug-likeness (QED) is 0.292. The number of thiophene rings is 1. The molecule has 1 fully saturated rings. The van der Waals surface area contributed by atoms with Crippen LogP contribution in [0.5, 0.6) is 5.88 Å². The summed E-state index contributed by atoms with van der Waals surface area (Å²) in [6.07, 6.45) is 5.31. The second-order valence-corrected chi connectivity index (χ2v) is 7.88. The predicted octanol–water partition coefficient (Wildman–Crippen LogP) is 4.05. The largest absolute Gasteiger partial charge is 0.477 e. The number of ether oxygens (including phenoxy) is 1. The fourth-order valence-electron chi connectivity index (χ4n) is 3.42. The number of nitrogens with one attached hydrogen (secondary N) is 2. The first-order valence-corrected chi connectivity index (χ1v) is 11.0. The van der Waals surface area contributed by atoms with Crippen molar-refractivity contribution in [2.45, 2.75) is 38.8 Å². The van der Waals surface area contributed by atoms with Crippen molar-refractivity contribution >= 4 is 41.3 Å². The Morgan fingerprint density at radius 3 is 2.79 bits per heavy atom. The summed E-state index contributed by atoms with van der Waals surface area (Å²) in [5.74, 6) is 1.49. The maximum Gasteiger partial charge on any atom is 0.218 e. The number of likely N-dealkylation sites (tertiary alicyclic amines) is 1. The highest BCUT2D eigenvalue weighted by molar-refractivity contribution is 14.0. The molecule has 0 aromatic carbocycles. The average Bonchev–Trinajstić information content (AvgIpc) is 3.44. The first kappa shape index (κ1) is 23.9. The van der Waals surface area contributed by atoms with Crippen LogP contribution in [0, 0.1) is 0 Å². The fraction of sp³-hybridized carbons (Fsp3) is 0.524. The Hall–Kier alpha value is -1.39. The molecular weight excluding hydrogens is 497 g/mol. The molecule has 1 atom stereocenters. The Labute approximate surface area is 195 Å². The van der Waals surface area contributed by atoms with Gasteiger partial charge in [0.25, 0.3) is 0 Å². The number of aromatic nitrogens is 1. The van der Waals surface area contributed by atoms with Crippen LogP contribution in [-0.4, -0.2) is 49.1 Å². The fourth-order valence-corrected chi connectivity index (χ4v) is 4.28. The Balaban J connectivity index is 0.00000300. The van der Waals surface area contributed by atoms with E-state index in [2.05, 4.69) is 49.9 Å². The Kier molecular flexibility index (Phi) is 10.7. The van der Waals surface area contributed by atoms with E-state index in [9.17, 15) is 0 Å². The van der Waals surface area contributed by atoms with Crippen molar-refractivity contribution in [2.24, 2.45) is 4.99 Å². The lowest BCUT2D eigenvalue weighted by Crippen LogP contribution is -2.42. The van der Waals surface area contributed by atoms with Crippen LogP contribution in [0.15, 0.2) is 40.8 Å². The van der Waals surface area contributed by atoms with E-state index in [1.165, 1.54) is 30.8 Å². The van der Waals surface area contributed by atoms with Crippen molar-refractivity contribution in [2.75, 3.05) is 33.3 Å². The Bertz CT molecular complexity index is 734. The molecule has 0 radical (unpaired) electrons. The van der Waals surface area contributed by atoms with Gasteiger partial charge in [-0.25, -0.2) is 4.98 Å². The van der Waals surface area contributed by atoms with Crippen LogP contribution in [0.4, 0.5) is 0 Å². The summed E-state index contributed by atoms with van der Waals surface area (Å²) in [5, 5.41) is 9.07. The van der Waals surface area contributed by atoms with E-state index in [1.54, 1.807) is 6.20 Å². The van der Waals surface area contributed by atoms with Crippen molar-refractivity contribution in [3.8, 4) is 5.88 Å². The van der Waals surface area contributed by atoms with E-state index in [0.717, 1.165) is 24.5 Å². The first-order chi connectivity index (χ1) is 13.8. The highest BCUT2D eigenvalue weighted by atomic mass is 127. The number of nitrogens with zero attached hydrogens (tertiary/aromatic N) is 3. The number of rotatable bonds is 9. The monoisotopic (exact) mass is 529 g/mol. The second kappa shape index (κ2) is 13.0. The summed E-state index contributed by atoms with van der Waals surface area (Å²) in [6.45, 7) is 6.58. The van der Waals surface area contributed by atoms with Crippen molar-refractivity contribution in [1.82, 2.24) is 20.5 Å². The van der Waals surface area contributed by atoms with E-state index >= 15 is 0 Å². The minimum absolute atomic E-state index is 0. The number of guanidine groups is 1. The number of halogens is 1. The molecule has 1 aliphatic heterocycles. The first-order valence-electron chi connectivity index (χ1n) is 10.1. The third-order valence-corrected chi connectivity index (χ3v) is 5.85. The molecular formula is C21H32IN5OS. The van der Waals surface area contributed by atoms with Crippen molar-refractivity contribution in [3.05, 3.63) is 46.3 Å². The van der Waals surface area contributed by atoms with Crippen LogP contribution < -0.4 is 15.4 Å². The summed E-state index contributed by atoms with van der Waals surface area (Å²) >= 11 is 1.83. The van der Waals surface area contributed by atoms with Crippen LogP contribution in [-0.2, 0) is 6.54 Å². The summed E-state index contributed by atoms with van der Waals surface area (Å²) in [5.41, 5.74) is 1.04. The van der Waals surface area contributed by atoms with Crippen molar-refractivity contribution in [3.63, 3.8) is 0 Å². The third-order valence-electron chi connectivity index (χ3n) is 4.88. The van der Waals surface area contributed by atoms with Gasteiger partial charge >= 0.3 is 0 Å². The second-order valence-electron chi connectivity index (χ2n) is 6.90. The normalized spacial score (nSPS) is 15.6. The molecule has 160 valence electrons. The summed E-state index contributed by atoms with van der Waals surface area (Å²) in [4.78, 5) is 12.7. The smallest absolute Gasteiger partial charge is 0.218 e. The molecule has 2 aromatic rings. The average molecular weight is 529 g/mol. The van der Waals surface area contributed by atoms with Gasteiger partial charge in [0.05, 0.1) is 12.6 Å². The van der Waals surface area contributed by atoms with Crippen molar-refractivity contribution in [1.29, 1.82) is 0 Å². The van der Waals surface area contributed by atoms with Gasteiger partial charge in [-0.3, -0.25) is 9.89 Å². The molecule has 0 bridgehead atoms. The molecule has 2 aromatic heterocycles. The molecule has 1 aliphatic rings. The number of hydrogen-bond donors (Lipinski definition) is 2. The summed E-state index contributed by atoms with van der Waals surface area (Å²) in [6, 6.07) is 8.74. The van der Waals surface area contributed by atoms with Gasteiger partial charge in [-0.1, -0.05) is 19.1 Å². The summed E-state index contributed by atoms with van der Waals surface area (Å²) in [7, 11) is 1.81. The number of hydrogen-bond acceptors (Lipinski definition) is 5. The Morgan fingerprint density at radius 2 is 2.10 bits per heavy atom. The minimum atomic E-state index is 0. The molecule has 8 heteroatoms. The lowest BCUT2D eigenvalue weighted by Gasteiger charge is -2.27. The molecule has 0 spiro atoms. The zero-order chi connectivity index (χ0) is 19.6. The van der Waals surface area contributed by atoms with Gasteiger partial charge in [-0.2, -0.15) is 0 Å². The molecule has 0 aliphatic carbocycles. The predicted molar refractivity (Wildman–Crippen MR) is 132 cm³/mol. The van der Waals surface area contributed by atoms with E-state index in [1.807, 2.05) is 30.5 Å². The Morgan fingerprint density at radius 1 is 1.28 bits per heavy atom. The van der Waals surface area contributed by atoms with E-state index in [-0.39, 0.29) is 24.0 Å². The van der Waals surface area contributed by atoms with Crippen LogP contribution in [0.25, 0.3) is 0 Å². The van der Waals surface area contributed by atoms with E-state index < -0.39 is 0 Å². The molecule has 0 saturated carbocycles. The van der Waals surface area contributed by atoms with Gasteiger partial charge < -0.3 is 15.4 Å². The molecule has 29 heavy (non-hydrogen) atoms. The van der Waals surface area contributed by atoms with E-state index in [4.69, 9.17) is 4.74 Å². The number of pyridine rings is 1.